The molecule has 0 aliphatic carbocycles. The Bertz CT molecular complexity index is 4340. The third-order valence-electron chi connectivity index (χ3n) is 12.9. The Balaban J connectivity index is 1.11. The summed E-state index contributed by atoms with van der Waals surface area (Å²) in [6.45, 7) is 0. The molecule has 9 aromatic carbocycles. The normalized spacial score (nSPS) is 12.8. The lowest BCUT2D eigenvalue weighted by Crippen LogP contribution is -2.03. The molecule has 6 aromatic heterocycles. The molecule has 59 heavy (non-hydrogen) atoms. The Morgan fingerprint density at radius 3 is 2.02 bits per heavy atom. The van der Waals surface area contributed by atoms with Gasteiger partial charge in [-0.25, -0.2) is 14.4 Å². The largest absolute Gasteiger partial charge is 0.452 e. The number of nitrogens with zero attached hydrogens (tertiary/aromatic N) is 4. The Morgan fingerprint density at radius 2 is 1.14 bits per heavy atom. The molecule has 15 rings (SSSR count). The van der Waals surface area contributed by atoms with Gasteiger partial charge in [-0.2, -0.15) is 0 Å². The number of fused-ring (bicyclic) bond motifs is 13. The minimum Gasteiger partial charge on any atom is -0.452 e. The highest BCUT2D eigenvalue weighted by Crippen LogP contribution is 2.50. The van der Waals surface area contributed by atoms with E-state index < -0.39 is 0 Å². The van der Waals surface area contributed by atoms with Crippen LogP contribution in [0.4, 0.5) is 4.39 Å². The standard InChI is InChI=1S/C52H25FN4OS/c53-27-17-19-31-29-9-2-1-8-28(29)30-18-16-26(24-35(30)36(31)25-27)48-51-49(34-11-4-6-15-41(34)58-51)55-52(54-48)57-39-14-7-13-38-44(39)45-40(57)21-23-42-46(45)47-43(59-42)22-20-33-32-10-3-5-12-37(32)56(38)50(33)47/h1-25H. The second-order valence-electron chi connectivity index (χ2n) is 15.8. The summed E-state index contributed by atoms with van der Waals surface area (Å²) >= 11 is 1.85. The molecule has 0 spiro atoms. The highest BCUT2D eigenvalue weighted by Gasteiger charge is 2.27. The molecule has 0 amide bonds. The zero-order chi connectivity index (χ0) is 38.2. The number of halogens is 1. The summed E-state index contributed by atoms with van der Waals surface area (Å²) in [4.78, 5) is 10.9. The van der Waals surface area contributed by atoms with Crippen molar-refractivity contribution < 1.29 is 8.81 Å². The van der Waals surface area contributed by atoms with Gasteiger partial charge in [-0.3, -0.25) is 4.57 Å². The molecular weight excluding hydrogens is 748 g/mol. The lowest BCUT2D eigenvalue weighted by molar-refractivity contribution is 0.630. The van der Waals surface area contributed by atoms with Crippen molar-refractivity contribution in [1.29, 1.82) is 0 Å². The van der Waals surface area contributed by atoms with Crippen LogP contribution in [-0.2, 0) is 0 Å². The third-order valence-corrected chi connectivity index (χ3v) is 14.0. The second kappa shape index (κ2) is 10.5. The number of aromatic nitrogens is 4. The quantitative estimate of drug-likeness (QED) is 0.164. The molecule has 0 N–H and O–H groups in total. The van der Waals surface area contributed by atoms with E-state index in [1.807, 2.05) is 41.7 Å². The fourth-order valence-corrected chi connectivity index (χ4v) is 11.6. The summed E-state index contributed by atoms with van der Waals surface area (Å²) in [5.74, 6) is 0.295. The molecule has 0 saturated heterocycles. The van der Waals surface area contributed by atoms with Crippen LogP contribution in [0.2, 0.25) is 0 Å². The molecule has 0 atom stereocenters. The van der Waals surface area contributed by atoms with Crippen molar-refractivity contribution in [3.8, 4) is 17.2 Å². The summed E-state index contributed by atoms with van der Waals surface area (Å²) in [7, 11) is 0. The number of benzene rings is 9. The molecule has 5 nitrogen and oxygen atoms in total. The van der Waals surface area contributed by atoms with Crippen molar-refractivity contribution in [1.82, 2.24) is 18.9 Å². The highest BCUT2D eigenvalue weighted by atomic mass is 32.1. The van der Waals surface area contributed by atoms with E-state index in [0.29, 0.717) is 17.2 Å². The first-order valence-electron chi connectivity index (χ1n) is 19.8. The smallest absolute Gasteiger partial charge is 0.236 e. The third kappa shape index (κ3) is 3.67. The molecule has 0 bridgehead atoms. The predicted molar refractivity (Wildman–Crippen MR) is 243 cm³/mol. The first-order chi connectivity index (χ1) is 29.2. The Kier molecular flexibility index (Phi) is 5.41. The van der Waals surface area contributed by atoms with Crippen LogP contribution in [0.3, 0.4) is 0 Å². The Labute approximate surface area is 336 Å². The number of thiophene rings is 1. The van der Waals surface area contributed by atoms with Gasteiger partial charge in [-0.05, 0) is 99.0 Å². The molecule has 0 aliphatic heterocycles. The average Bonchev–Trinajstić information content (AvgIpc) is 4.01. The van der Waals surface area contributed by atoms with E-state index in [4.69, 9.17) is 14.4 Å². The number of hydrogen-bond donors (Lipinski definition) is 0. The molecule has 0 saturated carbocycles. The van der Waals surface area contributed by atoms with Gasteiger partial charge in [0.15, 0.2) is 5.58 Å². The minimum atomic E-state index is -0.268. The lowest BCUT2D eigenvalue weighted by Gasteiger charge is -2.13. The molecule has 15 aromatic rings. The fraction of sp³-hybridized carbons (Fsp3) is 0. The number of para-hydroxylation sites is 2. The number of rotatable bonds is 2. The SMILES string of the molecule is Fc1ccc2c3ccccc3c3ccc(-c4nc(-n5c6ccc7sc8ccc9c%10ccccc%10n%10c%11cccc5c%11c6c7c8c9%10)nc5c4oc4ccccc45)cc3c2c1. The predicted octanol–water partition coefficient (Wildman–Crippen LogP) is 14.5. The summed E-state index contributed by atoms with van der Waals surface area (Å²) in [5.41, 5.74) is 9.35. The maximum Gasteiger partial charge on any atom is 0.236 e. The van der Waals surface area contributed by atoms with Gasteiger partial charge < -0.3 is 8.82 Å². The van der Waals surface area contributed by atoms with Crippen LogP contribution in [-0.4, -0.2) is 18.9 Å². The summed E-state index contributed by atoms with van der Waals surface area (Å²) in [6.07, 6.45) is 0. The molecule has 272 valence electrons. The molecule has 7 heteroatoms. The summed E-state index contributed by atoms with van der Waals surface area (Å²) < 4.78 is 29.0. The van der Waals surface area contributed by atoms with Gasteiger partial charge in [-0.1, -0.05) is 84.9 Å². The lowest BCUT2D eigenvalue weighted by atomic mass is 9.92. The average molecular weight is 773 g/mol. The van der Waals surface area contributed by atoms with E-state index in [9.17, 15) is 0 Å². The van der Waals surface area contributed by atoms with Crippen molar-refractivity contribution in [3.05, 3.63) is 157 Å². The van der Waals surface area contributed by atoms with Crippen molar-refractivity contribution >= 4 is 135 Å². The van der Waals surface area contributed by atoms with Crippen LogP contribution < -0.4 is 0 Å². The van der Waals surface area contributed by atoms with Gasteiger partial charge in [-0.15, -0.1) is 11.3 Å². The van der Waals surface area contributed by atoms with Crippen LogP contribution in [0, 0.1) is 5.82 Å². The van der Waals surface area contributed by atoms with E-state index in [0.717, 1.165) is 70.9 Å². The maximum atomic E-state index is 15.1. The molecular formula is C52H25FN4OS. The van der Waals surface area contributed by atoms with Crippen molar-refractivity contribution in [2.45, 2.75) is 0 Å². The minimum absolute atomic E-state index is 0.268. The molecule has 6 heterocycles. The Hall–Kier alpha value is -7.61. The Morgan fingerprint density at radius 1 is 0.475 bits per heavy atom. The van der Waals surface area contributed by atoms with Gasteiger partial charge in [0, 0.05) is 52.7 Å². The van der Waals surface area contributed by atoms with Crippen molar-refractivity contribution in [3.63, 3.8) is 0 Å². The zero-order valence-corrected chi connectivity index (χ0v) is 31.7. The first-order valence-corrected chi connectivity index (χ1v) is 20.6. The highest BCUT2D eigenvalue weighted by molar-refractivity contribution is 7.26. The van der Waals surface area contributed by atoms with Crippen LogP contribution in [0.1, 0.15) is 0 Å². The van der Waals surface area contributed by atoms with Gasteiger partial charge >= 0.3 is 0 Å². The van der Waals surface area contributed by atoms with Crippen LogP contribution in [0.25, 0.3) is 141 Å². The van der Waals surface area contributed by atoms with Crippen molar-refractivity contribution in [2.75, 3.05) is 0 Å². The second-order valence-corrected chi connectivity index (χ2v) is 16.9. The van der Waals surface area contributed by atoms with Crippen LogP contribution in [0.5, 0.6) is 0 Å². The number of hydrogen-bond acceptors (Lipinski definition) is 4. The summed E-state index contributed by atoms with van der Waals surface area (Å²) in [6, 6.07) is 52.4. The van der Waals surface area contributed by atoms with E-state index >= 15 is 4.39 Å². The molecule has 0 unspecified atom stereocenters. The van der Waals surface area contributed by atoms with Gasteiger partial charge in [0.25, 0.3) is 0 Å². The van der Waals surface area contributed by atoms with Gasteiger partial charge in [0.05, 0.1) is 27.6 Å². The number of furan rings is 1. The van der Waals surface area contributed by atoms with E-state index in [1.54, 1.807) is 12.1 Å². The van der Waals surface area contributed by atoms with Crippen molar-refractivity contribution in [2.24, 2.45) is 0 Å². The summed E-state index contributed by atoms with van der Waals surface area (Å²) in [5, 5.41) is 14.5. The van der Waals surface area contributed by atoms with E-state index in [-0.39, 0.29) is 5.82 Å². The van der Waals surface area contributed by atoms with E-state index in [1.165, 1.54) is 52.8 Å². The first kappa shape index (κ1) is 30.5. The molecule has 0 aliphatic rings. The van der Waals surface area contributed by atoms with Gasteiger partial charge in [0.2, 0.25) is 5.95 Å². The molecule has 0 fully saturated rings. The molecule has 0 radical (unpaired) electrons. The van der Waals surface area contributed by atoms with Crippen LogP contribution in [0.15, 0.2) is 156 Å². The van der Waals surface area contributed by atoms with Gasteiger partial charge in [0.1, 0.15) is 22.6 Å². The van der Waals surface area contributed by atoms with Crippen LogP contribution >= 0.6 is 11.3 Å². The monoisotopic (exact) mass is 772 g/mol. The topological polar surface area (TPSA) is 48.3 Å². The maximum absolute atomic E-state index is 15.1. The van der Waals surface area contributed by atoms with E-state index in [2.05, 4.69) is 118 Å². The fourth-order valence-electron chi connectivity index (χ4n) is 10.5. The zero-order valence-electron chi connectivity index (χ0n) is 30.9.